The fourth-order valence-corrected chi connectivity index (χ4v) is 1.79. The first-order chi connectivity index (χ1) is 6.20. The number of carbonyl (C=O) groups excluding carboxylic acids is 1. The zero-order valence-electron chi connectivity index (χ0n) is 7.75. The van der Waals surface area contributed by atoms with E-state index in [0.29, 0.717) is 12.2 Å². The SMILES string of the molecule is C=C(C)C(=O)OC1COCCCS1. The highest BCUT2D eigenvalue weighted by Gasteiger charge is 2.17. The molecule has 0 N–H and O–H groups in total. The van der Waals surface area contributed by atoms with Gasteiger partial charge >= 0.3 is 5.97 Å². The van der Waals surface area contributed by atoms with Crippen molar-refractivity contribution in [2.24, 2.45) is 0 Å². The van der Waals surface area contributed by atoms with Gasteiger partial charge < -0.3 is 9.47 Å². The van der Waals surface area contributed by atoms with E-state index < -0.39 is 0 Å². The third-order valence-corrected chi connectivity index (χ3v) is 2.71. The van der Waals surface area contributed by atoms with Crippen LogP contribution in [0.25, 0.3) is 0 Å². The molecule has 1 atom stereocenters. The third kappa shape index (κ3) is 3.83. The molecular formula is C9H14O3S. The summed E-state index contributed by atoms with van der Waals surface area (Å²) in [5.41, 5.74) is 0.275. The van der Waals surface area contributed by atoms with Gasteiger partial charge in [0.25, 0.3) is 0 Å². The van der Waals surface area contributed by atoms with Crippen LogP contribution in [0, 0.1) is 0 Å². The van der Waals surface area contributed by atoms with Crippen LogP contribution in [0.15, 0.2) is 12.2 Å². The molecule has 1 aliphatic rings. The summed E-state index contributed by atoms with van der Waals surface area (Å²) in [5, 5.41) is 0. The van der Waals surface area contributed by atoms with Crippen LogP contribution in [0.1, 0.15) is 13.3 Å². The van der Waals surface area contributed by atoms with Crippen LogP contribution in [-0.2, 0) is 14.3 Å². The number of thioether (sulfide) groups is 1. The van der Waals surface area contributed by atoms with Crippen LogP contribution in [0.5, 0.6) is 0 Å². The Morgan fingerprint density at radius 3 is 3.15 bits per heavy atom. The van der Waals surface area contributed by atoms with Crippen molar-refractivity contribution in [1.29, 1.82) is 0 Å². The quantitative estimate of drug-likeness (QED) is 0.503. The minimum absolute atomic E-state index is 0.160. The molecule has 0 amide bonds. The second-order valence-electron chi connectivity index (χ2n) is 2.91. The van der Waals surface area contributed by atoms with E-state index in [1.165, 1.54) is 0 Å². The first kappa shape index (κ1) is 10.6. The van der Waals surface area contributed by atoms with E-state index in [0.717, 1.165) is 18.8 Å². The molecule has 3 nitrogen and oxygen atoms in total. The Hall–Kier alpha value is -0.480. The van der Waals surface area contributed by atoms with Gasteiger partial charge in [-0.25, -0.2) is 4.79 Å². The molecule has 0 aromatic rings. The van der Waals surface area contributed by atoms with Crippen molar-refractivity contribution >= 4 is 17.7 Å². The summed E-state index contributed by atoms with van der Waals surface area (Å²) in [5.74, 6) is 0.650. The van der Waals surface area contributed by atoms with Crippen molar-refractivity contribution in [3.05, 3.63) is 12.2 Å². The molecule has 0 aromatic heterocycles. The summed E-state index contributed by atoms with van der Waals surface area (Å²) < 4.78 is 10.4. The summed E-state index contributed by atoms with van der Waals surface area (Å²) in [7, 11) is 0. The average Bonchev–Trinajstić information content (AvgIpc) is 2.32. The van der Waals surface area contributed by atoms with Crippen LogP contribution < -0.4 is 0 Å². The number of hydrogen-bond acceptors (Lipinski definition) is 4. The number of carbonyl (C=O) groups is 1. The zero-order valence-corrected chi connectivity index (χ0v) is 8.56. The molecule has 1 saturated heterocycles. The molecule has 1 fully saturated rings. The van der Waals surface area contributed by atoms with E-state index >= 15 is 0 Å². The summed E-state index contributed by atoms with van der Waals surface area (Å²) in [4.78, 5) is 11.1. The van der Waals surface area contributed by atoms with Crippen LogP contribution in [0.3, 0.4) is 0 Å². The van der Waals surface area contributed by atoms with E-state index in [2.05, 4.69) is 6.58 Å². The van der Waals surface area contributed by atoms with Crippen molar-refractivity contribution in [3.63, 3.8) is 0 Å². The molecule has 1 unspecified atom stereocenters. The summed E-state index contributed by atoms with van der Waals surface area (Å²) in [6, 6.07) is 0. The number of esters is 1. The van der Waals surface area contributed by atoms with Gasteiger partial charge in [-0.1, -0.05) is 6.58 Å². The zero-order chi connectivity index (χ0) is 9.68. The van der Waals surface area contributed by atoms with Gasteiger partial charge in [0, 0.05) is 12.2 Å². The van der Waals surface area contributed by atoms with Crippen LogP contribution >= 0.6 is 11.8 Å². The van der Waals surface area contributed by atoms with Gasteiger partial charge in [-0.15, -0.1) is 11.8 Å². The van der Waals surface area contributed by atoms with E-state index in [1.54, 1.807) is 18.7 Å². The van der Waals surface area contributed by atoms with Crippen molar-refractivity contribution in [2.75, 3.05) is 19.0 Å². The first-order valence-corrected chi connectivity index (χ1v) is 5.31. The smallest absolute Gasteiger partial charge is 0.334 e. The second kappa shape index (κ2) is 5.29. The molecule has 0 bridgehead atoms. The van der Waals surface area contributed by atoms with Crippen molar-refractivity contribution in [3.8, 4) is 0 Å². The molecule has 1 aliphatic heterocycles. The van der Waals surface area contributed by atoms with Crippen LogP contribution in [-0.4, -0.2) is 30.4 Å². The Kier molecular flexibility index (Phi) is 4.32. The molecule has 74 valence electrons. The Labute approximate surface area is 82.5 Å². The maximum Gasteiger partial charge on any atom is 0.334 e. The van der Waals surface area contributed by atoms with E-state index in [-0.39, 0.29) is 11.4 Å². The molecule has 0 aromatic carbocycles. The number of rotatable bonds is 2. The Bertz CT molecular complexity index is 195. The fraction of sp³-hybridized carbons (Fsp3) is 0.667. The highest BCUT2D eigenvalue weighted by Crippen LogP contribution is 2.18. The molecule has 0 saturated carbocycles. The normalized spacial score (nSPS) is 23.3. The number of hydrogen-bond donors (Lipinski definition) is 0. The third-order valence-electron chi connectivity index (χ3n) is 1.58. The van der Waals surface area contributed by atoms with Gasteiger partial charge in [-0.3, -0.25) is 0 Å². The van der Waals surface area contributed by atoms with Crippen molar-refractivity contribution in [1.82, 2.24) is 0 Å². The monoisotopic (exact) mass is 202 g/mol. The van der Waals surface area contributed by atoms with Crippen molar-refractivity contribution < 1.29 is 14.3 Å². The van der Waals surface area contributed by atoms with E-state index in [1.807, 2.05) is 0 Å². The Morgan fingerprint density at radius 1 is 1.69 bits per heavy atom. The maximum atomic E-state index is 11.1. The van der Waals surface area contributed by atoms with Gasteiger partial charge in [-0.2, -0.15) is 0 Å². The van der Waals surface area contributed by atoms with Crippen molar-refractivity contribution in [2.45, 2.75) is 18.8 Å². The average molecular weight is 202 g/mol. The second-order valence-corrected chi connectivity index (χ2v) is 4.18. The van der Waals surface area contributed by atoms with Gasteiger partial charge in [0.05, 0.1) is 6.61 Å². The summed E-state index contributed by atoms with van der Waals surface area (Å²) in [6.07, 6.45) is 1.02. The fourth-order valence-electron chi connectivity index (χ4n) is 0.891. The van der Waals surface area contributed by atoms with Crippen LogP contribution in [0.4, 0.5) is 0 Å². The van der Waals surface area contributed by atoms with Crippen LogP contribution in [0.2, 0.25) is 0 Å². The van der Waals surface area contributed by atoms with Gasteiger partial charge in [0.1, 0.15) is 0 Å². The molecule has 1 rings (SSSR count). The highest BCUT2D eigenvalue weighted by molar-refractivity contribution is 7.99. The Balaban J connectivity index is 2.33. The van der Waals surface area contributed by atoms with Gasteiger partial charge in [-0.05, 0) is 19.1 Å². The Morgan fingerprint density at radius 2 is 2.46 bits per heavy atom. The predicted octanol–water partition coefficient (Wildman–Crippen LogP) is 1.59. The highest BCUT2D eigenvalue weighted by atomic mass is 32.2. The molecule has 0 spiro atoms. The minimum atomic E-state index is -0.331. The lowest BCUT2D eigenvalue weighted by molar-refractivity contribution is -0.142. The summed E-state index contributed by atoms with van der Waals surface area (Å²) in [6.45, 7) is 6.41. The molecular weight excluding hydrogens is 188 g/mol. The predicted molar refractivity (Wildman–Crippen MR) is 52.6 cm³/mol. The van der Waals surface area contributed by atoms with E-state index in [9.17, 15) is 4.79 Å². The minimum Gasteiger partial charge on any atom is -0.445 e. The largest absolute Gasteiger partial charge is 0.445 e. The first-order valence-electron chi connectivity index (χ1n) is 4.26. The lowest BCUT2D eigenvalue weighted by Gasteiger charge is -2.13. The molecule has 1 heterocycles. The maximum absolute atomic E-state index is 11.1. The lowest BCUT2D eigenvalue weighted by Crippen LogP contribution is -2.19. The standard InChI is InChI=1S/C9H14O3S/c1-7(2)9(10)12-8-6-11-4-3-5-13-8/h8H,1,3-6H2,2H3. The summed E-state index contributed by atoms with van der Waals surface area (Å²) >= 11 is 1.62. The van der Waals surface area contributed by atoms with E-state index in [4.69, 9.17) is 9.47 Å². The number of ether oxygens (including phenoxy) is 2. The van der Waals surface area contributed by atoms with Gasteiger partial charge in [0.2, 0.25) is 0 Å². The van der Waals surface area contributed by atoms with Gasteiger partial charge in [0.15, 0.2) is 5.44 Å². The molecule has 0 aliphatic carbocycles. The topological polar surface area (TPSA) is 35.5 Å². The molecule has 0 radical (unpaired) electrons. The molecule has 13 heavy (non-hydrogen) atoms. The lowest BCUT2D eigenvalue weighted by atomic mass is 10.4. The molecule has 4 heteroatoms.